The first-order valence-corrected chi connectivity index (χ1v) is 14.4. The normalized spacial score (nSPS) is 11.8. The number of benzene rings is 2. The molecule has 3 rings (SSSR count). The molecule has 0 spiro atoms. The number of hydrogen-bond acceptors (Lipinski definition) is 9. The van der Waals surface area contributed by atoms with Crippen molar-refractivity contribution in [3.63, 3.8) is 0 Å². The van der Waals surface area contributed by atoms with Crippen molar-refractivity contribution in [1.82, 2.24) is 20.7 Å². The van der Waals surface area contributed by atoms with Gasteiger partial charge in [-0.15, -0.1) is 0 Å². The quantitative estimate of drug-likeness (QED) is 0.0966. The number of hydrogen-bond donors (Lipinski definition) is 6. The first kappa shape index (κ1) is 35.5. The zero-order chi connectivity index (χ0) is 32.6. The van der Waals surface area contributed by atoms with Gasteiger partial charge in [0.1, 0.15) is 24.2 Å². The second kappa shape index (κ2) is 18.1. The van der Waals surface area contributed by atoms with Crippen molar-refractivity contribution in [2.24, 2.45) is 5.73 Å². The molecule has 0 saturated carbocycles. The van der Waals surface area contributed by atoms with Crippen molar-refractivity contribution in [3.8, 4) is 11.5 Å². The third kappa shape index (κ3) is 11.5. The highest BCUT2D eigenvalue weighted by Gasteiger charge is 2.24. The van der Waals surface area contributed by atoms with Gasteiger partial charge >= 0.3 is 0 Å². The summed E-state index contributed by atoms with van der Waals surface area (Å²) in [6.07, 6.45) is 2.26. The average molecular weight is 608 g/mol. The van der Waals surface area contributed by atoms with E-state index in [1.165, 1.54) is 6.20 Å². The van der Waals surface area contributed by atoms with E-state index in [0.29, 0.717) is 47.1 Å². The van der Waals surface area contributed by atoms with Gasteiger partial charge in [0.05, 0.1) is 12.7 Å². The minimum absolute atomic E-state index is 0.0606. The molecule has 2 atom stereocenters. The number of nitrogen functional groups attached to an aromatic ring is 1. The Morgan fingerprint density at radius 3 is 2.30 bits per heavy atom. The molecular weight excluding hydrogens is 562 g/mol. The minimum Gasteiger partial charge on any atom is -0.490 e. The number of aliphatic hydroxyl groups is 1. The van der Waals surface area contributed by atoms with E-state index >= 15 is 0 Å². The molecular formula is C32H45N7O5. The van der Waals surface area contributed by atoms with E-state index in [1.807, 2.05) is 32.8 Å². The third-order valence-electron chi connectivity index (χ3n) is 6.28. The van der Waals surface area contributed by atoms with Gasteiger partial charge in [-0.25, -0.2) is 0 Å². The van der Waals surface area contributed by atoms with Crippen molar-refractivity contribution >= 4 is 23.3 Å². The number of aromatic nitrogens is 1. The van der Waals surface area contributed by atoms with Gasteiger partial charge < -0.3 is 30.5 Å². The molecule has 0 aliphatic heterocycles. The van der Waals surface area contributed by atoms with Crippen LogP contribution in [0.1, 0.15) is 60.4 Å². The highest BCUT2D eigenvalue weighted by atomic mass is 16.5. The lowest BCUT2D eigenvalue weighted by Gasteiger charge is -2.22. The number of aryl methyl sites for hydroxylation is 1. The predicted octanol–water partition coefficient (Wildman–Crippen LogP) is 3.40. The molecule has 12 nitrogen and oxygen atoms in total. The fourth-order valence-corrected chi connectivity index (χ4v) is 3.62. The monoisotopic (exact) mass is 607 g/mol. The van der Waals surface area contributed by atoms with Gasteiger partial charge in [-0.2, -0.15) is 0 Å². The van der Waals surface area contributed by atoms with Gasteiger partial charge in [0.2, 0.25) is 0 Å². The van der Waals surface area contributed by atoms with Crippen LogP contribution in [-0.2, 0) is 4.79 Å². The highest BCUT2D eigenvalue weighted by Crippen LogP contribution is 2.32. The van der Waals surface area contributed by atoms with Crippen LogP contribution < -0.4 is 31.4 Å². The molecule has 2 amide bonds. The fourth-order valence-electron chi connectivity index (χ4n) is 3.62. The number of nitrogens with one attached hydrogen (secondary N) is 4. The SMILES string of the molecule is CCC(C)O.CCOc1cc(C(Nc2ccc(C(=N)N)cc2)C(=O)NNC(=O)c2ncccc2C)ccc1OCCN(C)C. The number of ether oxygens (including phenoxy) is 2. The van der Waals surface area contributed by atoms with Crippen LogP contribution in [0.4, 0.5) is 5.69 Å². The smallest absolute Gasteiger partial charge is 0.288 e. The van der Waals surface area contributed by atoms with Crippen LogP contribution in [0.3, 0.4) is 0 Å². The van der Waals surface area contributed by atoms with Crippen molar-refractivity contribution in [1.29, 1.82) is 5.41 Å². The lowest BCUT2D eigenvalue weighted by molar-refractivity contribution is -0.122. The molecule has 0 fully saturated rings. The number of carbonyl (C=O) groups excluding carboxylic acids is 2. The van der Waals surface area contributed by atoms with Crippen LogP contribution in [0.15, 0.2) is 60.8 Å². The molecule has 0 bridgehead atoms. The number of pyridine rings is 1. The van der Waals surface area contributed by atoms with Crippen LogP contribution in [0.5, 0.6) is 11.5 Å². The van der Waals surface area contributed by atoms with Crippen molar-refractivity contribution in [3.05, 3.63) is 83.2 Å². The van der Waals surface area contributed by atoms with E-state index in [-0.39, 0.29) is 17.6 Å². The van der Waals surface area contributed by atoms with Crippen molar-refractivity contribution in [2.75, 3.05) is 39.2 Å². The standard InChI is InChI=1S/C28H35N7O4.C4H10O/c1-5-38-23-17-20(10-13-22(23)39-16-15-35(3)4)25(32-21-11-8-19(9-12-21)26(29)30)28(37)34-33-27(36)24-18(2)7-6-14-31-24;1-3-4(2)5/h6-14,17,25,32H,5,15-16H2,1-4H3,(H3,29,30)(H,33,36)(H,34,37);4-5H,3H2,1-2H3. The van der Waals surface area contributed by atoms with Crippen LogP contribution in [0, 0.1) is 12.3 Å². The molecule has 2 aromatic carbocycles. The summed E-state index contributed by atoms with van der Waals surface area (Å²) in [5.41, 5.74) is 13.1. The molecule has 3 aromatic rings. The van der Waals surface area contributed by atoms with E-state index in [9.17, 15) is 9.59 Å². The molecule has 7 N–H and O–H groups in total. The van der Waals surface area contributed by atoms with Crippen LogP contribution in [0.25, 0.3) is 0 Å². The number of amidine groups is 1. The van der Waals surface area contributed by atoms with Crippen molar-refractivity contribution in [2.45, 2.75) is 46.3 Å². The summed E-state index contributed by atoms with van der Waals surface area (Å²) in [5.74, 6) is -0.0590. The zero-order valence-corrected chi connectivity index (χ0v) is 26.3. The topological polar surface area (TPSA) is 175 Å². The van der Waals surface area contributed by atoms with Crippen LogP contribution in [-0.4, -0.2) is 72.6 Å². The predicted molar refractivity (Wildman–Crippen MR) is 172 cm³/mol. The number of nitrogens with zero attached hydrogens (tertiary/aromatic N) is 2. The molecule has 0 aliphatic rings. The van der Waals surface area contributed by atoms with Crippen molar-refractivity contribution < 1.29 is 24.2 Å². The Kier molecular flexibility index (Phi) is 14.6. The van der Waals surface area contributed by atoms with Gasteiger partial charge in [0.25, 0.3) is 11.8 Å². The molecule has 0 saturated heterocycles. The lowest BCUT2D eigenvalue weighted by Crippen LogP contribution is -2.45. The van der Waals surface area contributed by atoms with Gasteiger partial charge in [0, 0.05) is 24.0 Å². The van der Waals surface area contributed by atoms with E-state index in [4.69, 9.17) is 25.7 Å². The zero-order valence-electron chi connectivity index (χ0n) is 26.3. The molecule has 238 valence electrons. The molecule has 1 heterocycles. The molecule has 12 heteroatoms. The first-order valence-electron chi connectivity index (χ1n) is 14.4. The van der Waals surface area contributed by atoms with E-state index in [2.05, 4.69) is 21.2 Å². The number of hydrazine groups is 1. The van der Waals surface area contributed by atoms with Crippen LogP contribution in [0.2, 0.25) is 0 Å². The summed E-state index contributed by atoms with van der Waals surface area (Å²) < 4.78 is 11.7. The minimum atomic E-state index is -0.923. The van der Waals surface area contributed by atoms with Gasteiger partial charge in [-0.1, -0.05) is 19.1 Å². The Labute approximate surface area is 259 Å². The van der Waals surface area contributed by atoms with Crippen LogP contribution >= 0.6 is 0 Å². The summed E-state index contributed by atoms with van der Waals surface area (Å²) >= 11 is 0. The Hall–Kier alpha value is -4.68. The average Bonchev–Trinajstić information content (AvgIpc) is 3.00. The number of aliphatic hydroxyl groups excluding tert-OH is 1. The highest BCUT2D eigenvalue weighted by molar-refractivity contribution is 5.96. The molecule has 0 aliphatic carbocycles. The number of amides is 2. The van der Waals surface area contributed by atoms with Gasteiger partial charge in [0.15, 0.2) is 11.5 Å². The summed E-state index contributed by atoms with van der Waals surface area (Å²) in [7, 11) is 3.92. The Morgan fingerprint density at radius 2 is 1.73 bits per heavy atom. The van der Waals surface area contributed by atoms with E-state index in [1.54, 1.807) is 68.4 Å². The summed E-state index contributed by atoms with van der Waals surface area (Å²) in [6.45, 7) is 8.96. The lowest BCUT2D eigenvalue weighted by atomic mass is 10.0. The molecule has 2 unspecified atom stereocenters. The Morgan fingerprint density at radius 1 is 1.05 bits per heavy atom. The number of carbonyl (C=O) groups is 2. The number of rotatable bonds is 13. The maximum absolute atomic E-state index is 13.4. The largest absolute Gasteiger partial charge is 0.490 e. The number of nitrogens with two attached hydrogens (primary N) is 1. The van der Waals surface area contributed by atoms with E-state index in [0.717, 1.165) is 13.0 Å². The van der Waals surface area contributed by atoms with E-state index < -0.39 is 17.9 Å². The Bertz CT molecular complexity index is 1360. The van der Waals surface area contributed by atoms with Gasteiger partial charge in [-0.3, -0.25) is 30.8 Å². The maximum Gasteiger partial charge on any atom is 0.288 e. The molecule has 1 aromatic heterocycles. The first-order chi connectivity index (χ1) is 21.0. The van der Waals surface area contributed by atoms with Gasteiger partial charge in [-0.05, 0) is 94.9 Å². The second-order valence-electron chi connectivity index (χ2n) is 10.2. The number of anilines is 1. The molecule has 44 heavy (non-hydrogen) atoms. The summed E-state index contributed by atoms with van der Waals surface area (Å²) in [5, 5.41) is 19.2. The third-order valence-corrected chi connectivity index (χ3v) is 6.28. The second-order valence-corrected chi connectivity index (χ2v) is 10.2. The fraction of sp³-hybridized carbons (Fsp3) is 0.375. The summed E-state index contributed by atoms with van der Waals surface area (Å²) in [6, 6.07) is 14.6. The maximum atomic E-state index is 13.4. The molecule has 0 radical (unpaired) electrons. The summed E-state index contributed by atoms with van der Waals surface area (Å²) in [4.78, 5) is 32.1. The Balaban J connectivity index is 0.00000125. The number of likely N-dealkylation sites (N-methyl/N-ethyl adjacent to an activating group) is 1.